The third-order valence-corrected chi connectivity index (χ3v) is 11.4. The smallest absolute Gasteiger partial charge is 0.143 e. The first-order valence-electron chi connectivity index (χ1n) is 19.6. The van der Waals surface area contributed by atoms with Gasteiger partial charge in [-0.15, -0.1) is 0 Å². The minimum Gasteiger partial charge on any atom is -0.455 e. The minimum atomic E-state index is 0.886. The molecule has 10 aromatic carbocycles. The Labute approximate surface area is 331 Å². The average molecular weight is 725 g/mol. The van der Waals surface area contributed by atoms with Crippen molar-refractivity contribution in [3.8, 4) is 66.8 Å². The Morgan fingerprint density at radius 2 is 0.667 bits per heavy atom. The van der Waals surface area contributed by atoms with Crippen LogP contribution < -0.4 is 0 Å². The van der Waals surface area contributed by atoms with Gasteiger partial charge >= 0.3 is 0 Å². The van der Waals surface area contributed by atoms with E-state index in [9.17, 15) is 0 Å². The molecule has 1 heteroatoms. The van der Waals surface area contributed by atoms with Crippen molar-refractivity contribution in [3.05, 3.63) is 218 Å². The van der Waals surface area contributed by atoms with E-state index in [-0.39, 0.29) is 0 Å². The summed E-state index contributed by atoms with van der Waals surface area (Å²) in [4.78, 5) is 0. The number of benzene rings is 10. The fourth-order valence-corrected chi connectivity index (χ4v) is 8.76. The van der Waals surface area contributed by atoms with Gasteiger partial charge in [-0.3, -0.25) is 0 Å². The summed E-state index contributed by atoms with van der Waals surface area (Å²) in [6.07, 6.45) is 0. The van der Waals surface area contributed by atoms with Gasteiger partial charge in [0.25, 0.3) is 0 Å². The highest BCUT2D eigenvalue weighted by molar-refractivity contribution is 6.22. The molecular weight excluding hydrogens is 689 g/mol. The predicted octanol–water partition coefficient (Wildman–Crippen LogP) is 15.9. The molecule has 1 nitrogen and oxygen atoms in total. The maximum Gasteiger partial charge on any atom is 0.143 e. The summed E-state index contributed by atoms with van der Waals surface area (Å²) in [5, 5.41) is 7.22. The highest BCUT2D eigenvalue weighted by Crippen LogP contribution is 2.46. The van der Waals surface area contributed by atoms with Gasteiger partial charge < -0.3 is 4.42 Å². The molecule has 266 valence electrons. The molecule has 11 aromatic rings. The highest BCUT2D eigenvalue weighted by atomic mass is 16.3. The van der Waals surface area contributed by atoms with E-state index in [1.165, 1.54) is 66.1 Å². The molecular formula is C56H36O. The van der Waals surface area contributed by atoms with Crippen LogP contribution in [-0.4, -0.2) is 0 Å². The Morgan fingerprint density at radius 3 is 1.32 bits per heavy atom. The second-order valence-electron chi connectivity index (χ2n) is 14.8. The molecule has 0 aliphatic heterocycles. The molecule has 0 amide bonds. The molecule has 0 radical (unpaired) electrons. The summed E-state index contributed by atoms with van der Waals surface area (Å²) in [6.45, 7) is 0. The maximum atomic E-state index is 6.78. The van der Waals surface area contributed by atoms with Crippen molar-refractivity contribution in [2.45, 2.75) is 0 Å². The SMILES string of the molecule is c1ccc(-c2ccc3oc4c(-c5cccc(-c6ccc7c(-c8ccccc8)c8ccccc8c(-c8ccccc8)c7c6)c5)cc(-c5ccccc5)cc4c3c2)cc1. The van der Waals surface area contributed by atoms with Crippen molar-refractivity contribution in [1.29, 1.82) is 0 Å². The summed E-state index contributed by atoms with van der Waals surface area (Å²) in [5.74, 6) is 0. The number of hydrogen-bond donors (Lipinski definition) is 0. The maximum absolute atomic E-state index is 6.78. The quantitative estimate of drug-likeness (QED) is 0.156. The van der Waals surface area contributed by atoms with Gasteiger partial charge in [-0.1, -0.05) is 182 Å². The summed E-state index contributed by atoms with van der Waals surface area (Å²) >= 11 is 0. The van der Waals surface area contributed by atoms with Gasteiger partial charge in [-0.05, 0) is 119 Å². The van der Waals surface area contributed by atoms with Crippen LogP contribution in [0.1, 0.15) is 0 Å². The summed E-state index contributed by atoms with van der Waals surface area (Å²) in [7, 11) is 0. The lowest BCUT2D eigenvalue weighted by Gasteiger charge is -2.19. The van der Waals surface area contributed by atoms with Crippen LogP contribution in [0.25, 0.3) is 110 Å². The van der Waals surface area contributed by atoms with Crippen LogP contribution in [0.4, 0.5) is 0 Å². The highest BCUT2D eigenvalue weighted by Gasteiger charge is 2.19. The Balaban J connectivity index is 1.13. The molecule has 1 aromatic heterocycles. The summed E-state index contributed by atoms with van der Waals surface area (Å²) < 4.78 is 6.78. The first-order chi connectivity index (χ1) is 28.3. The molecule has 0 unspecified atom stereocenters. The van der Waals surface area contributed by atoms with Crippen molar-refractivity contribution in [3.63, 3.8) is 0 Å². The van der Waals surface area contributed by atoms with Gasteiger partial charge in [-0.25, -0.2) is 0 Å². The van der Waals surface area contributed by atoms with Gasteiger partial charge in [0.2, 0.25) is 0 Å². The lowest BCUT2D eigenvalue weighted by molar-refractivity contribution is 0.670. The lowest BCUT2D eigenvalue weighted by atomic mass is 9.84. The van der Waals surface area contributed by atoms with Crippen LogP contribution in [0.2, 0.25) is 0 Å². The fourth-order valence-electron chi connectivity index (χ4n) is 8.76. The molecule has 0 bridgehead atoms. The van der Waals surface area contributed by atoms with Crippen molar-refractivity contribution < 1.29 is 4.42 Å². The van der Waals surface area contributed by atoms with E-state index in [4.69, 9.17) is 4.42 Å². The van der Waals surface area contributed by atoms with Crippen molar-refractivity contribution in [1.82, 2.24) is 0 Å². The van der Waals surface area contributed by atoms with E-state index in [0.29, 0.717) is 0 Å². The molecule has 0 saturated heterocycles. The zero-order valence-electron chi connectivity index (χ0n) is 31.2. The standard InChI is InChI=1S/C56H36O/c1-5-16-37(17-6-1)42-29-31-53-50(33-42)52-36-45(38-18-7-2-8-19-38)35-49(56(52)57-53)44-25-15-24-41(32-44)43-28-30-48-51(34-43)55(40-22-11-4-12-23-40)47-27-14-13-26-46(47)54(48)39-20-9-3-10-21-39/h1-36H. The van der Waals surface area contributed by atoms with Crippen molar-refractivity contribution in [2.75, 3.05) is 0 Å². The van der Waals surface area contributed by atoms with E-state index in [0.717, 1.165) is 44.2 Å². The second-order valence-corrected chi connectivity index (χ2v) is 14.8. The van der Waals surface area contributed by atoms with E-state index in [1.807, 2.05) is 0 Å². The first kappa shape index (κ1) is 32.9. The van der Waals surface area contributed by atoms with Gasteiger partial charge in [-0.2, -0.15) is 0 Å². The van der Waals surface area contributed by atoms with Gasteiger partial charge in [0.1, 0.15) is 11.2 Å². The average Bonchev–Trinajstić information content (AvgIpc) is 3.67. The van der Waals surface area contributed by atoms with E-state index in [2.05, 4.69) is 218 Å². The lowest BCUT2D eigenvalue weighted by Crippen LogP contribution is -1.91. The minimum absolute atomic E-state index is 0.886. The van der Waals surface area contributed by atoms with Crippen LogP contribution in [0.15, 0.2) is 223 Å². The van der Waals surface area contributed by atoms with E-state index < -0.39 is 0 Å². The third-order valence-electron chi connectivity index (χ3n) is 11.4. The molecule has 0 aliphatic carbocycles. The van der Waals surface area contributed by atoms with Crippen molar-refractivity contribution >= 4 is 43.5 Å². The van der Waals surface area contributed by atoms with Crippen molar-refractivity contribution in [2.24, 2.45) is 0 Å². The molecule has 0 atom stereocenters. The Bertz CT molecular complexity index is 3250. The van der Waals surface area contributed by atoms with Gasteiger partial charge in [0.15, 0.2) is 0 Å². The number of hydrogen-bond acceptors (Lipinski definition) is 1. The fraction of sp³-hybridized carbons (Fsp3) is 0. The zero-order valence-corrected chi connectivity index (χ0v) is 31.2. The van der Waals surface area contributed by atoms with Crippen LogP contribution in [0.3, 0.4) is 0 Å². The third kappa shape index (κ3) is 5.72. The largest absolute Gasteiger partial charge is 0.455 e. The number of furan rings is 1. The van der Waals surface area contributed by atoms with Crippen LogP contribution in [0.5, 0.6) is 0 Å². The molecule has 1 heterocycles. The Kier molecular flexibility index (Phi) is 7.89. The van der Waals surface area contributed by atoms with Crippen LogP contribution >= 0.6 is 0 Å². The van der Waals surface area contributed by atoms with E-state index >= 15 is 0 Å². The Hall–Kier alpha value is -7.48. The summed E-state index contributed by atoms with van der Waals surface area (Å²) in [5.41, 5.74) is 16.0. The Morgan fingerprint density at radius 1 is 0.228 bits per heavy atom. The molecule has 0 spiro atoms. The molecule has 0 aliphatic rings. The number of rotatable bonds is 6. The van der Waals surface area contributed by atoms with Gasteiger partial charge in [0, 0.05) is 16.3 Å². The van der Waals surface area contributed by atoms with Crippen LogP contribution in [-0.2, 0) is 0 Å². The first-order valence-corrected chi connectivity index (χ1v) is 19.6. The topological polar surface area (TPSA) is 13.1 Å². The predicted molar refractivity (Wildman–Crippen MR) is 241 cm³/mol. The normalized spacial score (nSPS) is 11.5. The molecule has 11 rings (SSSR count). The van der Waals surface area contributed by atoms with E-state index in [1.54, 1.807) is 0 Å². The molecule has 0 fully saturated rings. The zero-order chi connectivity index (χ0) is 37.7. The second kappa shape index (κ2) is 13.7. The molecule has 0 saturated carbocycles. The molecule has 0 N–H and O–H groups in total. The van der Waals surface area contributed by atoms with Crippen LogP contribution in [0, 0.1) is 0 Å². The summed E-state index contributed by atoms with van der Waals surface area (Å²) in [6, 6.07) is 78.9. The monoisotopic (exact) mass is 724 g/mol. The molecule has 57 heavy (non-hydrogen) atoms. The number of fused-ring (bicyclic) bond motifs is 5. The van der Waals surface area contributed by atoms with Gasteiger partial charge in [0.05, 0.1) is 0 Å².